The number of thiazole rings is 1. The van der Waals surface area contributed by atoms with Crippen LogP contribution in [0, 0.1) is 0 Å². The molecule has 0 saturated heterocycles. The summed E-state index contributed by atoms with van der Waals surface area (Å²) in [5.74, 6) is 1.46. The predicted molar refractivity (Wildman–Crippen MR) is 79.4 cm³/mol. The van der Waals surface area contributed by atoms with Crippen molar-refractivity contribution in [3.8, 4) is 0 Å². The molecule has 3 N–H and O–H groups in total. The molecule has 0 aliphatic heterocycles. The molecule has 0 spiro atoms. The van der Waals surface area contributed by atoms with Crippen LogP contribution in [-0.4, -0.2) is 25.9 Å². The van der Waals surface area contributed by atoms with Crippen LogP contribution in [0.2, 0.25) is 0 Å². The number of nitrogens with zero attached hydrogens (tertiary/aromatic N) is 3. The first-order chi connectivity index (χ1) is 9.76. The Balaban J connectivity index is 1.88. The van der Waals surface area contributed by atoms with Crippen molar-refractivity contribution in [1.29, 1.82) is 0 Å². The summed E-state index contributed by atoms with van der Waals surface area (Å²) in [5, 5.41) is 8.18. The van der Waals surface area contributed by atoms with Crippen LogP contribution in [0.3, 0.4) is 0 Å². The van der Waals surface area contributed by atoms with E-state index in [1.54, 1.807) is 11.6 Å². The van der Waals surface area contributed by atoms with Crippen LogP contribution < -0.4 is 15.5 Å². The molecule has 0 fully saturated rings. The van der Waals surface area contributed by atoms with Gasteiger partial charge in [0.15, 0.2) is 11.5 Å². The monoisotopic (exact) mass is 290 g/mol. The molecule has 0 radical (unpaired) electrons. The molecule has 0 aromatic carbocycles. The predicted octanol–water partition coefficient (Wildman–Crippen LogP) is 1.52. The third kappa shape index (κ3) is 2.50. The van der Waals surface area contributed by atoms with E-state index in [0.29, 0.717) is 12.4 Å². The maximum absolute atomic E-state index is 11.1. The average molecular weight is 290 g/mol. The summed E-state index contributed by atoms with van der Waals surface area (Å²) in [6.45, 7) is 3.32. The van der Waals surface area contributed by atoms with E-state index < -0.39 is 0 Å². The van der Waals surface area contributed by atoms with Gasteiger partial charge < -0.3 is 20.0 Å². The number of aromatic amines is 1. The van der Waals surface area contributed by atoms with Crippen LogP contribution in [0.5, 0.6) is 0 Å². The molecule has 0 aliphatic rings. The van der Waals surface area contributed by atoms with Crippen molar-refractivity contribution in [3.63, 3.8) is 0 Å². The molecule has 8 heteroatoms. The van der Waals surface area contributed by atoms with Crippen molar-refractivity contribution in [2.75, 3.05) is 17.2 Å². The lowest BCUT2D eigenvalue weighted by Gasteiger charge is -2.09. The van der Waals surface area contributed by atoms with Gasteiger partial charge in [0.25, 0.3) is 0 Å². The molecule has 0 bridgehead atoms. The average Bonchev–Trinajstić information content (AvgIpc) is 3.05. The number of aromatic nitrogens is 4. The highest BCUT2D eigenvalue weighted by Gasteiger charge is 2.07. The molecular weight excluding hydrogens is 276 g/mol. The summed E-state index contributed by atoms with van der Waals surface area (Å²) in [6, 6.07) is 0. The van der Waals surface area contributed by atoms with Crippen LogP contribution in [0.25, 0.3) is 5.65 Å². The number of anilines is 2. The summed E-state index contributed by atoms with van der Waals surface area (Å²) in [6.07, 6.45) is 5.49. The summed E-state index contributed by atoms with van der Waals surface area (Å²) >= 11 is 1.15. The highest BCUT2D eigenvalue weighted by molar-refractivity contribution is 7.07. The Hall–Kier alpha value is -2.35. The van der Waals surface area contributed by atoms with Crippen molar-refractivity contribution in [2.45, 2.75) is 13.5 Å². The lowest BCUT2D eigenvalue weighted by atomic mass is 10.4. The van der Waals surface area contributed by atoms with E-state index in [1.807, 2.05) is 23.7 Å². The van der Waals surface area contributed by atoms with E-state index in [1.165, 1.54) is 0 Å². The number of rotatable bonds is 5. The molecule has 0 unspecified atom stereocenters. The Labute approximate surface area is 118 Å². The van der Waals surface area contributed by atoms with E-state index in [0.717, 1.165) is 35.0 Å². The number of hydrogen-bond acceptors (Lipinski definition) is 6. The fourth-order valence-electron chi connectivity index (χ4n) is 1.90. The van der Waals surface area contributed by atoms with Crippen LogP contribution in [0.4, 0.5) is 11.6 Å². The van der Waals surface area contributed by atoms with Crippen molar-refractivity contribution in [3.05, 3.63) is 39.3 Å². The van der Waals surface area contributed by atoms with Gasteiger partial charge in [0, 0.05) is 30.0 Å². The first-order valence-electron chi connectivity index (χ1n) is 6.24. The van der Waals surface area contributed by atoms with E-state index in [9.17, 15) is 4.79 Å². The first kappa shape index (κ1) is 12.7. The number of H-pyrrole nitrogens is 1. The van der Waals surface area contributed by atoms with Gasteiger partial charge in [-0.15, -0.1) is 0 Å². The van der Waals surface area contributed by atoms with Crippen molar-refractivity contribution in [1.82, 2.24) is 19.4 Å². The van der Waals surface area contributed by atoms with Gasteiger partial charge in [-0.05, 0) is 6.92 Å². The molecular formula is C12H14N6OS. The molecule has 104 valence electrons. The molecule has 0 saturated carbocycles. The normalized spacial score (nSPS) is 10.8. The molecule has 3 aromatic rings. The van der Waals surface area contributed by atoms with Gasteiger partial charge >= 0.3 is 4.87 Å². The fraction of sp³-hybridized carbons (Fsp3) is 0.250. The van der Waals surface area contributed by atoms with Crippen LogP contribution in [0.15, 0.2) is 28.8 Å². The Morgan fingerprint density at radius 3 is 3.10 bits per heavy atom. The number of nitrogens with one attached hydrogen (secondary N) is 3. The van der Waals surface area contributed by atoms with Gasteiger partial charge in [0.05, 0.1) is 12.7 Å². The Morgan fingerprint density at radius 1 is 1.45 bits per heavy atom. The van der Waals surface area contributed by atoms with E-state index in [4.69, 9.17) is 0 Å². The summed E-state index contributed by atoms with van der Waals surface area (Å²) in [5.41, 5.74) is 1.59. The zero-order chi connectivity index (χ0) is 13.9. The summed E-state index contributed by atoms with van der Waals surface area (Å²) < 4.78 is 1.91. The van der Waals surface area contributed by atoms with Crippen LogP contribution >= 0.6 is 11.3 Å². The maximum atomic E-state index is 11.1. The molecule has 0 amide bonds. The largest absolute Gasteiger partial charge is 0.369 e. The van der Waals surface area contributed by atoms with Gasteiger partial charge in [-0.3, -0.25) is 4.79 Å². The second-order valence-corrected chi connectivity index (χ2v) is 5.03. The molecule has 0 atom stereocenters. The zero-order valence-corrected chi connectivity index (χ0v) is 11.7. The standard InChI is InChI=1S/C12H14N6OS/c1-2-13-9-6-18-4-3-14-11(18)10(17-9)15-5-8-7-20-12(19)16-8/h3-4,6-7,13H,2,5H2,1H3,(H,15,17)(H,16,19). The molecule has 20 heavy (non-hydrogen) atoms. The Morgan fingerprint density at radius 2 is 2.35 bits per heavy atom. The van der Waals surface area contributed by atoms with Crippen molar-refractivity contribution < 1.29 is 0 Å². The minimum absolute atomic E-state index is 0.0536. The molecule has 3 rings (SSSR count). The van der Waals surface area contributed by atoms with E-state index in [-0.39, 0.29) is 4.87 Å². The number of imidazole rings is 1. The minimum Gasteiger partial charge on any atom is -0.369 e. The van der Waals surface area contributed by atoms with E-state index >= 15 is 0 Å². The smallest absolute Gasteiger partial charge is 0.304 e. The van der Waals surface area contributed by atoms with Crippen molar-refractivity contribution >= 4 is 28.6 Å². The maximum Gasteiger partial charge on any atom is 0.304 e. The highest BCUT2D eigenvalue weighted by Crippen LogP contribution is 2.16. The third-order valence-electron chi connectivity index (χ3n) is 2.75. The molecule has 3 heterocycles. The van der Waals surface area contributed by atoms with Crippen LogP contribution in [-0.2, 0) is 6.54 Å². The summed E-state index contributed by atoms with van der Waals surface area (Å²) in [7, 11) is 0. The number of hydrogen-bond donors (Lipinski definition) is 3. The molecule has 0 aliphatic carbocycles. The molecule has 3 aromatic heterocycles. The molecule has 7 nitrogen and oxygen atoms in total. The lowest BCUT2D eigenvalue weighted by Crippen LogP contribution is -2.08. The van der Waals surface area contributed by atoms with Gasteiger partial charge in [0.2, 0.25) is 0 Å². The number of fused-ring (bicyclic) bond motifs is 1. The van der Waals surface area contributed by atoms with Gasteiger partial charge in [0.1, 0.15) is 5.82 Å². The van der Waals surface area contributed by atoms with Gasteiger partial charge in [-0.2, -0.15) is 0 Å². The minimum atomic E-state index is -0.0536. The van der Waals surface area contributed by atoms with Gasteiger partial charge in [-0.1, -0.05) is 11.3 Å². The van der Waals surface area contributed by atoms with E-state index in [2.05, 4.69) is 25.6 Å². The first-order valence-corrected chi connectivity index (χ1v) is 7.12. The van der Waals surface area contributed by atoms with Crippen LogP contribution in [0.1, 0.15) is 12.6 Å². The summed E-state index contributed by atoms with van der Waals surface area (Å²) in [4.78, 5) is 22.6. The van der Waals surface area contributed by atoms with Crippen molar-refractivity contribution in [2.24, 2.45) is 0 Å². The fourth-order valence-corrected chi connectivity index (χ4v) is 2.48. The lowest BCUT2D eigenvalue weighted by molar-refractivity contribution is 1.02. The second-order valence-electron chi connectivity index (χ2n) is 4.19. The topological polar surface area (TPSA) is 87.1 Å². The SMILES string of the molecule is CCNc1cn2ccnc2c(NCc2csc(=O)[nH]2)n1. The second kappa shape index (κ2) is 5.33. The zero-order valence-electron chi connectivity index (χ0n) is 10.9. The van der Waals surface area contributed by atoms with Gasteiger partial charge in [-0.25, -0.2) is 9.97 Å². The quantitative estimate of drug-likeness (QED) is 0.663. The Bertz CT molecular complexity index is 773. The third-order valence-corrected chi connectivity index (χ3v) is 3.47. The Kier molecular flexibility index (Phi) is 3.38. The highest BCUT2D eigenvalue weighted by atomic mass is 32.1.